The smallest absolute Gasteiger partial charge is 0.252 e. The summed E-state index contributed by atoms with van der Waals surface area (Å²) in [6, 6.07) is 24.6. The zero-order chi connectivity index (χ0) is 21.2. The number of amides is 1. The highest BCUT2D eigenvalue weighted by Gasteiger charge is 2.12. The lowest BCUT2D eigenvalue weighted by Crippen LogP contribution is -2.28. The average molecular weight is 403 g/mol. The molecule has 0 aliphatic heterocycles. The molecular weight excluding hydrogens is 378 g/mol. The fraction of sp³-hybridized carbons (Fsp3) is 0.160. The normalized spacial score (nSPS) is 10.9. The molecule has 0 saturated carbocycles. The van der Waals surface area contributed by atoms with Gasteiger partial charge in [-0.05, 0) is 41.5 Å². The Morgan fingerprint density at radius 1 is 0.833 bits per heavy atom. The van der Waals surface area contributed by atoms with E-state index in [9.17, 15) is 4.79 Å². The van der Waals surface area contributed by atoms with Crippen molar-refractivity contribution in [2.75, 3.05) is 27.4 Å². The number of carbonyl (C=O) groups is 1. The zero-order valence-corrected chi connectivity index (χ0v) is 17.1. The molecule has 5 nitrogen and oxygen atoms in total. The predicted octanol–water partition coefficient (Wildman–Crippen LogP) is 4.44. The SMILES string of the molecule is COc1ccc(/C=C(/C(=O)NCCOc2ccccc2OC)c2ccccc2)cc1. The van der Waals surface area contributed by atoms with E-state index in [1.54, 1.807) is 14.2 Å². The number of hydrogen-bond donors (Lipinski definition) is 1. The molecule has 3 aromatic carbocycles. The van der Waals surface area contributed by atoms with Crippen molar-refractivity contribution in [2.24, 2.45) is 0 Å². The third kappa shape index (κ3) is 5.64. The van der Waals surface area contributed by atoms with Crippen LogP contribution in [0.2, 0.25) is 0 Å². The Bertz CT molecular complexity index is 982. The summed E-state index contributed by atoms with van der Waals surface area (Å²) in [5, 5.41) is 2.93. The number of hydrogen-bond acceptors (Lipinski definition) is 4. The van der Waals surface area contributed by atoms with Gasteiger partial charge in [0.2, 0.25) is 0 Å². The molecule has 0 bridgehead atoms. The van der Waals surface area contributed by atoms with Crippen LogP contribution in [-0.4, -0.2) is 33.3 Å². The topological polar surface area (TPSA) is 56.8 Å². The molecule has 0 unspecified atom stereocenters. The monoisotopic (exact) mass is 403 g/mol. The van der Waals surface area contributed by atoms with E-state index >= 15 is 0 Å². The van der Waals surface area contributed by atoms with Gasteiger partial charge in [-0.15, -0.1) is 0 Å². The van der Waals surface area contributed by atoms with Crippen LogP contribution in [0, 0.1) is 0 Å². The highest BCUT2D eigenvalue weighted by molar-refractivity contribution is 6.24. The number of ether oxygens (including phenoxy) is 3. The summed E-state index contributed by atoms with van der Waals surface area (Å²) in [6.07, 6.45) is 1.87. The van der Waals surface area contributed by atoms with Gasteiger partial charge in [0, 0.05) is 5.57 Å². The van der Waals surface area contributed by atoms with Crippen molar-refractivity contribution in [3.05, 3.63) is 90.0 Å². The second-order valence-corrected chi connectivity index (χ2v) is 6.45. The predicted molar refractivity (Wildman–Crippen MR) is 119 cm³/mol. The molecule has 0 radical (unpaired) electrons. The van der Waals surface area contributed by atoms with Gasteiger partial charge in [-0.1, -0.05) is 54.6 Å². The number of rotatable bonds is 9. The van der Waals surface area contributed by atoms with E-state index in [0.717, 1.165) is 16.9 Å². The molecule has 0 atom stereocenters. The van der Waals surface area contributed by atoms with Crippen molar-refractivity contribution in [1.82, 2.24) is 5.32 Å². The Balaban J connectivity index is 1.68. The van der Waals surface area contributed by atoms with Crippen LogP contribution < -0.4 is 19.5 Å². The molecule has 30 heavy (non-hydrogen) atoms. The van der Waals surface area contributed by atoms with Gasteiger partial charge < -0.3 is 19.5 Å². The second-order valence-electron chi connectivity index (χ2n) is 6.45. The maximum Gasteiger partial charge on any atom is 0.252 e. The number of para-hydroxylation sites is 2. The van der Waals surface area contributed by atoms with Crippen molar-refractivity contribution in [1.29, 1.82) is 0 Å². The largest absolute Gasteiger partial charge is 0.497 e. The lowest BCUT2D eigenvalue weighted by Gasteiger charge is -2.12. The van der Waals surface area contributed by atoms with Crippen LogP contribution in [0.1, 0.15) is 11.1 Å². The minimum Gasteiger partial charge on any atom is -0.497 e. The standard InChI is InChI=1S/C25H25NO4/c1-28-21-14-12-19(13-15-21)18-22(20-8-4-3-5-9-20)25(27)26-16-17-30-24-11-7-6-10-23(24)29-2/h3-15,18H,16-17H2,1-2H3,(H,26,27)/b22-18+. The van der Waals surface area contributed by atoms with Crippen molar-refractivity contribution < 1.29 is 19.0 Å². The van der Waals surface area contributed by atoms with Gasteiger partial charge in [0.1, 0.15) is 12.4 Å². The van der Waals surface area contributed by atoms with Crippen molar-refractivity contribution in [3.8, 4) is 17.2 Å². The van der Waals surface area contributed by atoms with Gasteiger partial charge in [0.15, 0.2) is 11.5 Å². The molecule has 1 amide bonds. The molecule has 154 valence electrons. The minimum atomic E-state index is -0.166. The van der Waals surface area contributed by atoms with Gasteiger partial charge >= 0.3 is 0 Å². The van der Waals surface area contributed by atoms with Crippen molar-refractivity contribution in [2.45, 2.75) is 0 Å². The molecule has 0 spiro atoms. The third-order valence-corrected chi connectivity index (χ3v) is 4.47. The number of methoxy groups -OCH3 is 2. The van der Waals surface area contributed by atoms with Crippen LogP contribution in [-0.2, 0) is 4.79 Å². The molecule has 0 aliphatic rings. The van der Waals surface area contributed by atoms with E-state index in [1.807, 2.05) is 84.9 Å². The summed E-state index contributed by atoms with van der Waals surface area (Å²) in [4.78, 5) is 12.9. The molecule has 0 heterocycles. The van der Waals surface area contributed by atoms with E-state index in [4.69, 9.17) is 14.2 Å². The molecule has 5 heteroatoms. The molecule has 3 rings (SSSR count). The van der Waals surface area contributed by atoms with Crippen LogP contribution in [0.15, 0.2) is 78.9 Å². The lowest BCUT2D eigenvalue weighted by molar-refractivity contribution is -0.115. The van der Waals surface area contributed by atoms with E-state index < -0.39 is 0 Å². The Kier molecular flexibility index (Phi) is 7.50. The van der Waals surface area contributed by atoms with Gasteiger partial charge in [-0.3, -0.25) is 4.79 Å². The first-order valence-corrected chi connectivity index (χ1v) is 9.66. The van der Waals surface area contributed by atoms with Crippen molar-refractivity contribution >= 4 is 17.6 Å². The number of carbonyl (C=O) groups excluding carboxylic acids is 1. The first-order valence-electron chi connectivity index (χ1n) is 9.66. The first kappa shape index (κ1) is 21.0. The highest BCUT2D eigenvalue weighted by Crippen LogP contribution is 2.25. The Morgan fingerprint density at radius 3 is 2.17 bits per heavy atom. The summed E-state index contributed by atoms with van der Waals surface area (Å²) in [7, 11) is 3.22. The van der Waals surface area contributed by atoms with Crippen LogP contribution in [0.5, 0.6) is 17.2 Å². The van der Waals surface area contributed by atoms with Crippen molar-refractivity contribution in [3.63, 3.8) is 0 Å². The van der Waals surface area contributed by atoms with Crippen LogP contribution in [0.4, 0.5) is 0 Å². The summed E-state index contributed by atoms with van der Waals surface area (Å²) < 4.78 is 16.2. The summed E-state index contributed by atoms with van der Waals surface area (Å²) in [5.41, 5.74) is 2.34. The van der Waals surface area contributed by atoms with Gasteiger partial charge in [-0.25, -0.2) is 0 Å². The molecular formula is C25H25NO4. The quantitative estimate of drug-likeness (QED) is 0.326. The second kappa shape index (κ2) is 10.7. The van der Waals surface area contributed by atoms with E-state index in [1.165, 1.54) is 0 Å². The van der Waals surface area contributed by atoms with E-state index in [-0.39, 0.29) is 5.91 Å². The number of nitrogens with one attached hydrogen (secondary N) is 1. The van der Waals surface area contributed by atoms with E-state index in [0.29, 0.717) is 30.2 Å². The molecule has 0 fully saturated rings. The lowest BCUT2D eigenvalue weighted by atomic mass is 10.0. The summed E-state index contributed by atoms with van der Waals surface area (Å²) in [5.74, 6) is 1.91. The molecule has 1 N–H and O–H groups in total. The average Bonchev–Trinajstić information content (AvgIpc) is 2.81. The molecule has 0 aromatic heterocycles. The Labute approximate surface area is 176 Å². The first-order chi connectivity index (χ1) is 14.7. The van der Waals surface area contributed by atoms with Gasteiger partial charge in [0.25, 0.3) is 5.91 Å². The van der Waals surface area contributed by atoms with Gasteiger partial charge in [0.05, 0.1) is 20.8 Å². The maximum absolute atomic E-state index is 12.9. The van der Waals surface area contributed by atoms with Gasteiger partial charge in [-0.2, -0.15) is 0 Å². The highest BCUT2D eigenvalue weighted by atomic mass is 16.5. The molecule has 3 aromatic rings. The van der Waals surface area contributed by atoms with Crippen LogP contribution in [0.3, 0.4) is 0 Å². The number of benzene rings is 3. The molecule has 0 aliphatic carbocycles. The third-order valence-electron chi connectivity index (χ3n) is 4.47. The van der Waals surface area contributed by atoms with Crippen LogP contribution in [0.25, 0.3) is 11.6 Å². The minimum absolute atomic E-state index is 0.166. The fourth-order valence-electron chi connectivity index (χ4n) is 2.92. The Morgan fingerprint density at radius 2 is 1.50 bits per heavy atom. The Hall–Kier alpha value is -3.73. The maximum atomic E-state index is 12.9. The summed E-state index contributed by atoms with van der Waals surface area (Å²) >= 11 is 0. The van der Waals surface area contributed by atoms with Crippen LogP contribution >= 0.6 is 0 Å². The zero-order valence-electron chi connectivity index (χ0n) is 17.1. The fourth-order valence-corrected chi connectivity index (χ4v) is 2.92. The van der Waals surface area contributed by atoms with E-state index in [2.05, 4.69) is 5.32 Å². The molecule has 0 saturated heterocycles. The summed E-state index contributed by atoms with van der Waals surface area (Å²) in [6.45, 7) is 0.695.